The highest BCUT2D eigenvalue weighted by Gasteiger charge is 2.42. The minimum Gasteiger partial charge on any atom is -0.468 e. The average molecular weight is 414 g/mol. The van der Waals surface area contributed by atoms with Crippen molar-refractivity contribution >= 4 is 5.97 Å². The maximum Gasteiger partial charge on any atom is 0.323 e. The summed E-state index contributed by atoms with van der Waals surface area (Å²) >= 11 is 0. The number of nitrogens with zero attached hydrogens (tertiary/aromatic N) is 1. The molecule has 5 nitrogen and oxygen atoms in total. The number of benzene rings is 3. The van der Waals surface area contributed by atoms with Crippen molar-refractivity contribution in [1.29, 1.82) is 0 Å². The van der Waals surface area contributed by atoms with E-state index in [-0.39, 0.29) is 0 Å². The van der Waals surface area contributed by atoms with Gasteiger partial charge < -0.3 is 20.7 Å². The number of methoxy groups -OCH3 is 1. The Labute approximate surface area is 183 Å². The first-order valence-electron chi connectivity index (χ1n) is 10.4. The molecule has 0 aliphatic carbocycles. The molecule has 0 spiro atoms. The van der Waals surface area contributed by atoms with Gasteiger partial charge in [0, 0.05) is 18.3 Å². The molecule has 0 aromatic heterocycles. The predicted octanol–water partition coefficient (Wildman–Crippen LogP) is 3.57. The molecule has 1 heterocycles. The molecule has 0 fully saturated rings. The minimum absolute atomic E-state index is 0.387. The molecule has 3 aromatic carbocycles. The molecule has 0 unspecified atom stereocenters. The van der Waals surface area contributed by atoms with Gasteiger partial charge in [0.1, 0.15) is 11.6 Å². The molecule has 1 aliphatic heterocycles. The van der Waals surface area contributed by atoms with E-state index in [1.54, 1.807) is 0 Å². The lowest BCUT2D eigenvalue weighted by atomic mass is 9.76. The van der Waals surface area contributed by atoms with E-state index in [1.807, 2.05) is 18.2 Å². The first-order valence-corrected chi connectivity index (χ1v) is 10.4. The largest absolute Gasteiger partial charge is 0.468 e. The zero-order valence-corrected chi connectivity index (χ0v) is 17.6. The number of hydrogen-bond donors (Lipinski definition) is 2. The van der Waals surface area contributed by atoms with Crippen LogP contribution in [0.25, 0.3) is 0 Å². The van der Waals surface area contributed by atoms with E-state index in [1.165, 1.54) is 7.11 Å². The van der Waals surface area contributed by atoms with Crippen LogP contribution in [0.2, 0.25) is 0 Å². The quantitative estimate of drug-likeness (QED) is 0.458. The highest BCUT2D eigenvalue weighted by atomic mass is 16.5. The number of carbonyl (C=O) groups excluding carboxylic acids is 1. The number of hydrogen-bond acceptors (Lipinski definition) is 5. The fourth-order valence-electron chi connectivity index (χ4n) is 4.31. The van der Waals surface area contributed by atoms with Crippen molar-refractivity contribution in [2.45, 2.75) is 18.0 Å². The molecule has 0 amide bonds. The Hall–Kier alpha value is -3.57. The summed E-state index contributed by atoms with van der Waals surface area (Å²) in [7, 11) is 1.36. The second kappa shape index (κ2) is 9.06. The molecular weight excluding hydrogens is 386 g/mol. The summed E-state index contributed by atoms with van der Waals surface area (Å²) < 4.78 is 4.79. The molecule has 3 N–H and O–H groups in total. The molecule has 4 rings (SSSR count). The number of esters is 1. The summed E-state index contributed by atoms with van der Waals surface area (Å²) in [5, 5.41) is 3.43. The van der Waals surface area contributed by atoms with Crippen molar-refractivity contribution in [2.24, 2.45) is 5.73 Å². The Morgan fingerprint density at radius 2 is 1.39 bits per heavy atom. The van der Waals surface area contributed by atoms with Crippen LogP contribution < -0.4 is 11.1 Å². The van der Waals surface area contributed by atoms with Crippen molar-refractivity contribution in [3.05, 3.63) is 120 Å². The summed E-state index contributed by atoms with van der Waals surface area (Å²) in [5.41, 5.74) is 9.85. The Bertz CT molecular complexity index is 939. The van der Waals surface area contributed by atoms with Gasteiger partial charge in [0.15, 0.2) is 0 Å². The topological polar surface area (TPSA) is 67.6 Å². The van der Waals surface area contributed by atoms with Gasteiger partial charge in [0.25, 0.3) is 0 Å². The maximum atomic E-state index is 11.8. The van der Waals surface area contributed by atoms with Crippen molar-refractivity contribution in [3.8, 4) is 0 Å². The SMILES string of the molecule is COC(=O)[C@@H](N)CC1=CN(C(c2ccccc2)(c2ccccc2)c2ccccc2)CN1. The maximum absolute atomic E-state index is 11.8. The number of nitrogens with two attached hydrogens (primary N) is 1. The van der Waals surface area contributed by atoms with Crippen molar-refractivity contribution in [1.82, 2.24) is 10.2 Å². The van der Waals surface area contributed by atoms with E-state index < -0.39 is 17.6 Å². The third kappa shape index (κ3) is 3.92. The molecule has 1 atom stereocenters. The standard InChI is InChI=1S/C26H27N3O2/c1-31-25(30)24(27)17-23-18-29(19-28-23)26(20-11-5-2-6-12-20,21-13-7-3-8-14-21)22-15-9-4-10-16-22/h2-16,18,24,28H,17,19,27H2,1H3/t24-/m0/s1. The minimum atomic E-state index is -0.705. The Morgan fingerprint density at radius 1 is 0.935 bits per heavy atom. The number of nitrogens with one attached hydrogen (secondary N) is 1. The molecule has 1 aliphatic rings. The molecule has 0 saturated heterocycles. The van der Waals surface area contributed by atoms with Crippen LogP contribution in [0, 0.1) is 0 Å². The Morgan fingerprint density at radius 3 is 1.81 bits per heavy atom. The van der Waals surface area contributed by atoms with Crippen LogP contribution >= 0.6 is 0 Å². The van der Waals surface area contributed by atoms with Gasteiger partial charge in [0.2, 0.25) is 0 Å². The fourth-order valence-corrected chi connectivity index (χ4v) is 4.31. The van der Waals surface area contributed by atoms with Gasteiger partial charge in [-0.15, -0.1) is 0 Å². The lowest BCUT2D eigenvalue weighted by Crippen LogP contribution is -2.45. The van der Waals surface area contributed by atoms with E-state index in [4.69, 9.17) is 10.5 Å². The Kier molecular flexibility index (Phi) is 6.05. The summed E-state index contributed by atoms with van der Waals surface area (Å²) in [6.07, 6.45) is 2.47. The van der Waals surface area contributed by atoms with E-state index in [0.717, 1.165) is 22.4 Å². The van der Waals surface area contributed by atoms with Crippen LogP contribution in [0.5, 0.6) is 0 Å². The van der Waals surface area contributed by atoms with Crippen LogP contribution in [0.15, 0.2) is 103 Å². The van der Waals surface area contributed by atoms with Gasteiger partial charge in [-0.1, -0.05) is 91.0 Å². The number of carbonyl (C=O) groups is 1. The van der Waals surface area contributed by atoms with Crippen molar-refractivity contribution < 1.29 is 9.53 Å². The number of ether oxygens (including phenoxy) is 1. The van der Waals surface area contributed by atoms with Crippen LogP contribution in [0.1, 0.15) is 23.1 Å². The van der Waals surface area contributed by atoms with Gasteiger partial charge in [-0.3, -0.25) is 4.79 Å². The molecule has 0 bridgehead atoms. The molecule has 3 aromatic rings. The van der Waals surface area contributed by atoms with Gasteiger partial charge >= 0.3 is 5.97 Å². The lowest BCUT2D eigenvalue weighted by molar-refractivity contribution is -0.142. The fraction of sp³-hybridized carbons (Fsp3) is 0.192. The molecule has 5 heteroatoms. The monoisotopic (exact) mass is 413 g/mol. The molecule has 158 valence electrons. The van der Waals surface area contributed by atoms with E-state index >= 15 is 0 Å². The summed E-state index contributed by atoms with van der Waals surface area (Å²) in [5.74, 6) is -0.415. The van der Waals surface area contributed by atoms with Gasteiger partial charge in [-0.05, 0) is 16.7 Å². The molecule has 0 saturated carbocycles. The third-order valence-electron chi connectivity index (χ3n) is 5.74. The predicted molar refractivity (Wildman–Crippen MR) is 122 cm³/mol. The van der Waals surface area contributed by atoms with Crippen LogP contribution in [0.4, 0.5) is 0 Å². The molecule has 31 heavy (non-hydrogen) atoms. The highest BCUT2D eigenvalue weighted by Crippen LogP contribution is 2.43. The van der Waals surface area contributed by atoms with E-state index in [9.17, 15) is 4.79 Å². The first kappa shape index (κ1) is 20.7. The van der Waals surface area contributed by atoms with Crippen molar-refractivity contribution in [2.75, 3.05) is 13.8 Å². The Balaban J connectivity index is 1.86. The number of rotatable bonds is 7. The second-order valence-corrected chi connectivity index (χ2v) is 7.60. The average Bonchev–Trinajstić information content (AvgIpc) is 3.29. The summed E-state index contributed by atoms with van der Waals surface area (Å²) in [6.45, 7) is 0.585. The highest BCUT2D eigenvalue weighted by molar-refractivity contribution is 5.75. The normalized spacial score (nSPS) is 14.5. The van der Waals surface area contributed by atoms with Crippen LogP contribution in [-0.4, -0.2) is 30.7 Å². The summed E-state index contributed by atoms with van der Waals surface area (Å²) in [4.78, 5) is 14.1. The zero-order chi connectivity index (χ0) is 21.7. The van der Waals surface area contributed by atoms with E-state index in [2.05, 4.69) is 89.2 Å². The van der Waals surface area contributed by atoms with Gasteiger partial charge in [-0.25, -0.2) is 0 Å². The van der Waals surface area contributed by atoms with Gasteiger partial charge in [-0.2, -0.15) is 0 Å². The smallest absolute Gasteiger partial charge is 0.323 e. The van der Waals surface area contributed by atoms with Gasteiger partial charge in [0.05, 0.1) is 13.8 Å². The van der Waals surface area contributed by atoms with Crippen LogP contribution in [-0.2, 0) is 15.1 Å². The van der Waals surface area contributed by atoms with E-state index in [0.29, 0.717) is 13.1 Å². The second-order valence-electron chi connectivity index (χ2n) is 7.60. The van der Waals surface area contributed by atoms with Crippen LogP contribution in [0.3, 0.4) is 0 Å². The zero-order valence-electron chi connectivity index (χ0n) is 17.6. The van der Waals surface area contributed by atoms with Crippen molar-refractivity contribution in [3.63, 3.8) is 0 Å². The third-order valence-corrected chi connectivity index (χ3v) is 5.74. The summed E-state index contributed by atoms with van der Waals surface area (Å²) in [6, 6.07) is 30.7. The lowest BCUT2D eigenvalue weighted by Gasteiger charge is -2.43. The molecule has 0 radical (unpaired) electrons. The molecular formula is C26H27N3O2. The first-order chi connectivity index (χ1) is 15.2.